The van der Waals surface area contributed by atoms with Gasteiger partial charge in [0, 0.05) is 11.8 Å². The van der Waals surface area contributed by atoms with Crippen molar-refractivity contribution in [2.45, 2.75) is 19.8 Å². The molecule has 0 aliphatic rings. The predicted molar refractivity (Wildman–Crippen MR) is 56.3 cm³/mol. The monoisotopic (exact) mass is 263 g/mol. The summed E-state index contributed by atoms with van der Waals surface area (Å²) in [6.07, 6.45) is 1.31. The molecule has 0 spiro atoms. The van der Waals surface area contributed by atoms with Crippen LogP contribution in [0.1, 0.15) is 18.4 Å². The third-order valence-electron chi connectivity index (χ3n) is 1.34. The highest BCUT2D eigenvalue weighted by Crippen LogP contribution is 2.15. The van der Waals surface area contributed by atoms with Gasteiger partial charge in [-0.2, -0.15) is 0 Å². The number of amides is 1. The second-order valence-electron chi connectivity index (χ2n) is 2.34. The van der Waals surface area contributed by atoms with Crippen LogP contribution in [0.3, 0.4) is 0 Å². The summed E-state index contributed by atoms with van der Waals surface area (Å²) in [5.41, 5.74) is 0. The first-order valence-electron chi connectivity index (χ1n) is 3.94. The van der Waals surface area contributed by atoms with Gasteiger partial charge >= 0.3 is 0 Å². The molecule has 0 aromatic carbocycles. The molecule has 72 valence electrons. The van der Waals surface area contributed by atoms with Crippen LogP contribution >= 0.6 is 27.3 Å². The Morgan fingerprint density at radius 3 is 2.92 bits per heavy atom. The molecule has 1 heterocycles. The summed E-state index contributed by atoms with van der Waals surface area (Å²) < 4.78 is 0. The van der Waals surface area contributed by atoms with E-state index in [1.165, 1.54) is 11.3 Å². The van der Waals surface area contributed by atoms with E-state index in [0.717, 1.165) is 11.4 Å². The minimum absolute atomic E-state index is 0.0318. The average molecular weight is 264 g/mol. The zero-order valence-corrected chi connectivity index (χ0v) is 9.61. The first kappa shape index (κ1) is 10.6. The lowest BCUT2D eigenvalue weighted by atomic mass is 10.5. The number of anilines is 1. The lowest BCUT2D eigenvalue weighted by Crippen LogP contribution is -2.11. The van der Waals surface area contributed by atoms with E-state index in [0.29, 0.717) is 16.9 Å². The number of hydrogen-bond acceptors (Lipinski definition) is 4. The van der Waals surface area contributed by atoms with Crippen LogP contribution in [-0.2, 0) is 11.2 Å². The van der Waals surface area contributed by atoms with Crippen LogP contribution < -0.4 is 5.32 Å². The Balaban J connectivity index is 2.49. The van der Waals surface area contributed by atoms with Crippen molar-refractivity contribution in [3.63, 3.8) is 0 Å². The van der Waals surface area contributed by atoms with E-state index in [1.807, 2.05) is 6.92 Å². The van der Waals surface area contributed by atoms with Gasteiger partial charge in [0.1, 0.15) is 5.01 Å². The van der Waals surface area contributed by atoms with Gasteiger partial charge < -0.3 is 5.32 Å². The molecule has 0 saturated heterocycles. The first-order chi connectivity index (χ1) is 6.26. The van der Waals surface area contributed by atoms with E-state index in [2.05, 4.69) is 31.4 Å². The van der Waals surface area contributed by atoms with Gasteiger partial charge in [0.15, 0.2) is 0 Å². The lowest BCUT2D eigenvalue weighted by molar-refractivity contribution is -0.115. The van der Waals surface area contributed by atoms with Crippen LogP contribution in [-0.4, -0.2) is 21.4 Å². The van der Waals surface area contributed by atoms with Crippen LogP contribution in [0.15, 0.2) is 0 Å². The molecule has 1 N–H and O–H groups in total. The smallest absolute Gasteiger partial charge is 0.227 e. The normalized spacial score (nSPS) is 10.0. The molecule has 1 rings (SSSR count). The Hall–Kier alpha value is -0.490. The van der Waals surface area contributed by atoms with E-state index in [9.17, 15) is 4.79 Å². The SMILES string of the molecule is CCc1nnc(NC(=O)CCBr)s1. The Bertz CT molecular complexity index is 289. The van der Waals surface area contributed by atoms with Gasteiger partial charge in [-0.3, -0.25) is 4.79 Å². The maximum atomic E-state index is 11.1. The number of nitrogens with zero attached hydrogens (tertiary/aromatic N) is 2. The van der Waals surface area contributed by atoms with Gasteiger partial charge in [0.05, 0.1) is 0 Å². The highest BCUT2D eigenvalue weighted by molar-refractivity contribution is 9.09. The van der Waals surface area contributed by atoms with Gasteiger partial charge in [-0.05, 0) is 6.42 Å². The largest absolute Gasteiger partial charge is 0.301 e. The molecule has 0 aliphatic heterocycles. The van der Waals surface area contributed by atoms with E-state index in [1.54, 1.807) is 0 Å². The number of nitrogens with one attached hydrogen (secondary N) is 1. The minimum Gasteiger partial charge on any atom is -0.301 e. The summed E-state index contributed by atoms with van der Waals surface area (Å²) in [6.45, 7) is 2.00. The molecule has 0 aliphatic carbocycles. The van der Waals surface area contributed by atoms with Crippen molar-refractivity contribution in [2.75, 3.05) is 10.6 Å². The second-order valence-corrected chi connectivity index (χ2v) is 4.20. The van der Waals surface area contributed by atoms with Crippen molar-refractivity contribution in [1.82, 2.24) is 10.2 Å². The number of hydrogen-bond donors (Lipinski definition) is 1. The Morgan fingerprint density at radius 1 is 1.62 bits per heavy atom. The summed E-state index contributed by atoms with van der Waals surface area (Å²) in [7, 11) is 0. The minimum atomic E-state index is -0.0318. The van der Waals surface area contributed by atoms with E-state index >= 15 is 0 Å². The maximum absolute atomic E-state index is 11.1. The van der Waals surface area contributed by atoms with Crippen molar-refractivity contribution >= 4 is 38.3 Å². The van der Waals surface area contributed by atoms with E-state index < -0.39 is 0 Å². The van der Waals surface area contributed by atoms with Gasteiger partial charge in [-0.1, -0.05) is 34.2 Å². The Morgan fingerprint density at radius 2 is 2.38 bits per heavy atom. The summed E-state index contributed by atoms with van der Waals surface area (Å²) in [5.74, 6) is -0.0318. The quantitative estimate of drug-likeness (QED) is 0.844. The molecule has 1 aromatic rings. The van der Waals surface area contributed by atoms with Crippen molar-refractivity contribution in [1.29, 1.82) is 0 Å². The summed E-state index contributed by atoms with van der Waals surface area (Å²) in [5, 5.41) is 12.6. The van der Waals surface area contributed by atoms with Crippen molar-refractivity contribution < 1.29 is 4.79 Å². The molecular formula is C7H10BrN3OS. The molecule has 0 unspecified atom stereocenters. The molecule has 0 saturated carbocycles. The molecule has 1 aromatic heterocycles. The summed E-state index contributed by atoms with van der Waals surface area (Å²) in [4.78, 5) is 11.1. The van der Waals surface area contributed by atoms with Crippen LogP contribution in [0.5, 0.6) is 0 Å². The third-order valence-corrected chi connectivity index (χ3v) is 2.72. The number of carbonyl (C=O) groups is 1. The number of alkyl halides is 1. The fourth-order valence-electron chi connectivity index (χ4n) is 0.715. The van der Waals surface area contributed by atoms with Gasteiger partial charge in [-0.25, -0.2) is 0 Å². The fraction of sp³-hybridized carbons (Fsp3) is 0.571. The van der Waals surface area contributed by atoms with Crippen LogP contribution in [0.2, 0.25) is 0 Å². The molecule has 0 fully saturated rings. The molecule has 4 nitrogen and oxygen atoms in total. The predicted octanol–water partition coefficient (Wildman–Crippen LogP) is 1.82. The van der Waals surface area contributed by atoms with Crippen molar-refractivity contribution in [3.05, 3.63) is 5.01 Å². The molecule has 13 heavy (non-hydrogen) atoms. The van der Waals surface area contributed by atoms with Gasteiger partial charge in [0.25, 0.3) is 0 Å². The standard InChI is InChI=1S/C7H10BrN3OS/c1-2-6-10-11-7(13-6)9-5(12)3-4-8/h2-4H2,1H3,(H,9,11,12). The number of aromatic nitrogens is 2. The Kier molecular flexibility index (Phi) is 4.31. The van der Waals surface area contributed by atoms with Crippen molar-refractivity contribution in [3.8, 4) is 0 Å². The number of aryl methyl sites for hydroxylation is 1. The Labute approximate surface area is 88.9 Å². The fourth-order valence-corrected chi connectivity index (χ4v) is 1.77. The number of halogens is 1. The van der Waals surface area contributed by atoms with Crippen LogP contribution in [0, 0.1) is 0 Å². The number of rotatable bonds is 4. The topological polar surface area (TPSA) is 54.9 Å². The van der Waals surface area contributed by atoms with Gasteiger partial charge in [0.2, 0.25) is 11.0 Å². The maximum Gasteiger partial charge on any atom is 0.227 e. The summed E-state index contributed by atoms with van der Waals surface area (Å²) >= 11 is 4.61. The lowest BCUT2D eigenvalue weighted by Gasteiger charge is -1.96. The molecule has 0 atom stereocenters. The average Bonchev–Trinajstić information content (AvgIpc) is 2.52. The van der Waals surface area contributed by atoms with E-state index in [-0.39, 0.29) is 5.91 Å². The molecule has 0 bridgehead atoms. The zero-order chi connectivity index (χ0) is 9.68. The molecule has 0 radical (unpaired) electrons. The highest BCUT2D eigenvalue weighted by Gasteiger charge is 2.05. The zero-order valence-electron chi connectivity index (χ0n) is 7.21. The van der Waals surface area contributed by atoms with Crippen LogP contribution in [0.4, 0.5) is 5.13 Å². The molecule has 6 heteroatoms. The van der Waals surface area contributed by atoms with Gasteiger partial charge in [-0.15, -0.1) is 10.2 Å². The highest BCUT2D eigenvalue weighted by atomic mass is 79.9. The third kappa shape index (κ3) is 3.40. The van der Waals surface area contributed by atoms with Crippen molar-refractivity contribution in [2.24, 2.45) is 0 Å². The first-order valence-corrected chi connectivity index (χ1v) is 5.88. The van der Waals surface area contributed by atoms with Crippen LogP contribution in [0.25, 0.3) is 0 Å². The summed E-state index contributed by atoms with van der Waals surface area (Å²) in [6, 6.07) is 0. The molecule has 1 amide bonds. The molecular weight excluding hydrogens is 254 g/mol. The second kappa shape index (κ2) is 5.29. The number of carbonyl (C=O) groups excluding carboxylic acids is 1. The van der Waals surface area contributed by atoms with E-state index in [4.69, 9.17) is 0 Å².